The molecule has 0 bridgehead atoms. The van der Waals surface area contributed by atoms with Crippen molar-refractivity contribution in [3.8, 4) is 0 Å². The number of hydrogen-bond acceptors (Lipinski definition) is 5. The minimum atomic E-state index is -0.0882. The number of aromatic nitrogens is 2. The summed E-state index contributed by atoms with van der Waals surface area (Å²) >= 11 is 3.25. The Morgan fingerprint density at radius 1 is 1.10 bits per heavy atom. The van der Waals surface area contributed by atoms with Crippen molar-refractivity contribution in [1.29, 1.82) is 0 Å². The number of thiophene rings is 1. The van der Waals surface area contributed by atoms with E-state index in [1.165, 1.54) is 38.6 Å². The molecule has 0 fully saturated rings. The summed E-state index contributed by atoms with van der Waals surface area (Å²) in [6, 6.07) is 16.5. The first-order valence-electron chi connectivity index (χ1n) is 9.46. The van der Waals surface area contributed by atoms with E-state index in [4.69, 9.17) is 0 Å². The number of fused-ring (bicyclic) bond motifs is 2. The van der Waals surface area contributed by atoms with Crippen molar-refractivity contribution >= 4 is 50.0 Å². The van der Waals surface area contributed by atoms with Crippen LogP contribution in [0.15, 0.2) is 65.0 Å². The van der Waals surface area contributed by atoms with Crippen LogP contribution in [0.4, 0.5) is 0 Å². The van der Waals surface area contributed by atoms with Crippen LogP contribution in [0.3, 0.4) is 0 Å². The molecule has 2 aromatic heterocycles. The zero-order valence-electron chi connectivity index (χ0n) is 15.8. The lowest BCUT2D eigenvalue weighted by atomic mass is 10.1. The van der Waals surface area contributed by atoms with E-state index in [-0.39, 0.29) is 17.9 Å². The molecule has 0 aliphatic rings. The minimum Gasteiger partial charge on any atom is -0.355 e. The zero-order chi connectivity index (χ0) is 20.1. The van der Waals surface area contributed by atoms with Crippen LogP contribution >= 0.6 is 23.1 Å². The van der Waals surface area contributed by atoms with Gasteiger partial charge in [0.15, 0.2) is 0 Å². The molecule has 0 radical (unpaired) electrons. The first kappa shape index (κ1) is 19.7. The van der Waals surface area contributed by atoms with Crippen molar-refractivity contribution < 1.29 is 4.79 Å². The summed E-state index contributed by atoms with van der Waals surface area (Å²) in [6.45, 7) is 0.956. The van der Waals surface area contributed by atoms with Gasteiger partial charge in [-0.1, -0.05) is 42.5 Å². The third kappa shape index (κ3) is 4.68. The van der Waals surface area contributed by atoms with Gasteiger partial charge in [0.05, 0.1) is 11.7 Å². The number of aryl methyl sites for hydroxylation is 1. The molecule has 0 unspecified atom stereocenters. The standard InChI is InChI=1S/C22H21N3O2S2/c26-20(8-11-25-15-24-21-19(22(25)27)9-12-29-21)23-10-13-28-14-17-6-3-5-16-4-1-2-7-18(16)17/h1-7,9,12,15H,8,10-11,13-14H2,(H,23,26). The SMILES string of the molecule is O=C(CCn1cnc2sccc2c1=O)NCCSCc1cccc2ccccc12. The Bertz CT molecular complexity index is 1190. The van der Waals surface area contributed by atoms with Gasteiger partial charge in [0, 0.05) is 31.0 Å². The molecule has 0 spiro atoms. The average Bonchev–Trinajstić information content (AvgIpc) is 3.23. The second kappa shape index (κ2) is 9.24. The molecule has 148 valence electrons. The number of hydrogen-bond donors (Lipinski definition) is 1. The normalized spacial score (nSPS) is 11.2. The van der Waals surface area contributed by atoms with E-state index in [0.29, 0.717) is 18.5 Å². The number of thioether (sulfide) groups is 1. The summed E-state index contributed by atoms with van der Waals surface area (Å²) in [5.41, 5.74) is 1.23. The van der Waals surface area contributed by atoms with Gasteiger partial charge in [0.1, 0.15) is 4.83 Å². The molecule has 4 rings (SSSR count). The fraction of sp³-hybridized carbons (Fsp3) is 0.227. The van der Waals surface area contributed by atoms with Gasteiger partial charge in [0.25, 0.3) is 5.56 Å². The van der Waals surface area contributed by atoms with Crippen LogP contribution in [-0.4, -0.2) is 27.8 Å². The summed E-state index contributed by atoms with van der Waals surface area (Å²) in [4.78, 5) is 29.4. The fourth-order valence-electron chi connectivity index (χ4n) is 3.23. The van der Waals surface area contributed by atoms with Crippen molar-refractivity contribution in [3.05, 3.63) is 76.2 Å². The summed E-state index contributed by atoms with van der Waals surface area (Å²) < 4.78 is 1.50. The van der Waals surface area contributed by atoms with Crippen molar-refractivity contribution in [2.45, 2.75) is 18.7 Å². The van der Waals surface area contributed by atoms with Gasteiger partial charge in [-0.3, -0.25) is 14.2 Å². The molecule has 1 amide bonds. The van der Waals surface area contributed by atoms with Gasteiger partial charge in [-0.05, 0) is 27.8 Å². The number of rotatable bonds is 8. The van der Waals surface area contributed by atoms with E-state index in [0.717, 1.165) is 16.3 Å². The number of nitrogens with zero attached hydrogens (tertiary/aromatic N) is 2. The van der Waals surface area contributed by atoms with Crippen LogP contribution in [0, 0.1) is 0 Å². The van der Waals surface area contributed by atoms with Gasteiger partial charge in [-0.15, -0.1) is 11.3 Å². The van der Waals surface area contributed by atoms with Crippen LogP contribution in [0.5, 0.6) is 0 Å². The number of benzene rings is 2. The summed E-state index contributed by atoms with van der Waals surface area (Å²) in [5, 5.41) is 7.94. The van der Waals surface area contributed by atoms with Crippen LogP contribution in [0.1, 0.15) is 12.0 Å². The maximum Gasteiger partial charge on any atom is 0.262 e. The molecule has 5 nitrogen and oxygen atoms in total. The fourth-order valence-corrected chi connectivity index (χ4v) is 4.81. The molecule has 0 saturated carbocycles. The Morgan fingerprint density at radius 2 is 1.97 bits per heavy atom. The maximum absolute atomic E-state index is 12.3. The minimum absolute atomic E-state index is 0.0481. The third-order valence-electron chi connectivity index (χ3n) is 4.74. The first-order valence-corrected chi connectivity index (χ1v) is 11.5. The Labute approximate surface area is 176 Å². The second-order valence-corrected chi connectivity index (χ2v) is 8.67. The van der Waals surface area contributed by atoms with Gasteiger partial charge >= 0.3 is 0 Å². The van der Waals surface area contributed by atoms with Crippen molar-refractivity contribution in [3.63, 3.8) is 0 Å². The number of carbonyl (C=O) groups is 1. The van der Waals surface area contributed by atoms with Gasteiger partial charge in [-0.25, -0.2) is 4.98 Å². The highest BCUT2D eigenvalue weighted by Gasteiger charge is 2.07. The topological polar surface area (TPSA) is 64.0 Å². The van der Waals surface area contributed by atoms with Crippen LogP contribution in [-0.2, 0) is 17.1 Å². The lowest BCUT2D eigenvalue weighted by Crippen LogP contribution is -2.28. The molecule has 0 aliphatic heterocycles. The monoisotopic (exact) mass is 423 g/mol. The largest absolute Gasteiger partial charge is 0.355 e. The molecule has 0 saturated heterocycles. The Kier molecular flexibility index (Phi) is 6.27. The lowest BCUT2D eigenvalue weighted by Gasteiger charge is -2.08. The molecule has 7 heteroatoms. The van der Waals surface area contributed by atoms with Crippen molar-refractivity contribution in [2.24, 2.45) is 0 Å². The number of carbonyl (C=O) groups excluding carboxylic acids is 1. The number of nitrogens with one attached hydrogen (secondary N) is 1. The lowest BCUT2D eigenvalue weighted by molar-refractivity contribution is -0.121. The number of amides is 1. The van der Waals surface area contributed by atoms with E-state index in [1.807, 2.05) is 5.38 Å². The Morgan fingerprint density at radius 3 is 2.90 bits per heavy atom. The Balaban J connectivity index is 1.21. The van der Waals surface area contributed by atoms with E-state index in [9.17, 15) is 9.59 Å². The van der Waals surface area contributed by atoms with Gasteiger partial charge < -0.3 is 5.32 Å². The molecule has 29 heavy (non-hydrogen) atoms. The predicted octanol–water partition coefficient (Wildman–Crippen LogP) is 4.05. The molecule has 2 heterocycles. The molecule has 0 atom stereocenters. The molecular weight excluding hydrogens is 402 g/mol. The highest BCUT2D eigenvalue weighted by Crippen LogP contribution is 2.22. The van der Waals surface area contributed by atoms with E-state index < -0.39 is 0 Å². The van der Waals surface area contributed by atoms with Crippen molar-refractivity contribution in [1.82, 2.24) is 14.9 Å². The molecule has 1 N–H and O–H groups in total. The smallest absolute Gasteiger partial charge is 0.262 e. The summed E-state index contributed by atoms with van der Waals surface area (Å²) in [5.74, 6) is 1.71. The molecule has 2 aromatic carbocycles. The van der Waals surface area contributed by atoms with E-state index >= 15 is 0 Å². The average molecular weight is 424 g/mol. The first-order chi connectivity index (χ1) is 14.2. The van der Waals surface area contributed by atoms with Crippen molar-refractivity contribution in [2.75, 3.05) is 12.3 Å². The van der Waals surface area contributed by atoms with Crippen LogP contribution < -0.4 is 10.9 Å². The highest BCUT2D eigenvalue weighted by atomic mass is 32.2. The predicted molar refractivity (Wildman–Crippen MR) is 122 cm³/mol. The maximum atomic E-state index is 12.3. The summed E-state index contributed by atoms with van der Waals surface area (Å²) in [6.07, 6.45) is 1.79. The van der Waals surface area contributed by atoms with E-state index in [2.05, 4.69) is 52.8 Å². The second-order valence-electron chi connectivity index (χ2n) is 6.67. The van der Waals surface area contributed by atoms with Crippen LogP contribution in [0.25, 0.3) is 21.0 Å². The van der Waals surface area contributed by atoms with Gasteiger partial charge in [0.2, 0.25) is 5.91 Å². The molecular formula is C22H21N3O2S2. The quantitative estimate of drug-likeness (QED) is 0.434. The van der Waals surface area contributed by atoms with Gasteiger partial charge in [-0.2, -0.15) is 11.8 Å². The third-order valence-corrected chi connectivity index (χ3v) is 6.56. The van der Waals surface area contributed by atoms with Crippen LogP contribution in [0.2, 0.25) is 0 Å². The Hall–Kier alpha value is -2.64. The molecule has 0 aliphatic carbocycles. The van der Waals surface area contributed by atoms with E-state index in [1.54, 1.807) is 17.8 Å². The summed E-state index contributed by atoms with van der Waals surface area (Å²) in [7, 11) is 0. The highest BCUT2D eigenvalue weighted by molar-refractivity contribution is 7.98. The zero-order valence-corrected chi connectivity index (χ0v) is 17.5. The molecule has 4 aromatic rings.